The van der Waals surface area contributed by atoms with Crippen molar-refractivity contribution in [1.82, 2.24) is 4.98 Å². The number of rotatable bonds is 4. The Kier molecular flexibility index (Phi) is 4.27. The van der Waals surface area contributed by atoms with Gasteiger partial charge >= 0.3 is 5.97 Å². The van der Waals surface area contributed by atoms with Gasteiger partial charge in [0, 0.05) is 6.20 Å². The Bertz CT molecular complexity index is 671. The van der Waals surface area contributed by atoms with Crippen LogP contribution in [0.15, 0.2) is 30.5 Å². The number of aryl methyl sites for hydroxylation is 1. The lowest BCUT2D eigenvalue weighted by atomic mass is 10.2. The van der Waals surface area contributed by atoms with Crippen molar-refractivity contribution in [2.75, 3.05) is 20.0 Å². The zero-order valence-electron chi connectivity index (χ0n) is 12.0. The molecular weight excluding hydrogens is 272 g/mol. The highest BCUT2D eigenvalue weighted by atomic mass is 16.5. The van der Waals surface area contributed by atoms with E-state index in [-0.39, 0.29) is 17.1 Å². The lowest BCUT2D eigenvalue weighted by molar-refractivity contribution is 0.0601. The van der Waals surface area contributed by atoms with Crippen LogP contribution in [0.2, 0.25) is 0 Å². The van der Waals surface area contributed by atoms with E-state index in [0.717, 1.165) is 5.56 Å². The zero-order valence-corrected chi connectivity index (χ0v) is 12.0. The smallest absolute Gasteiger partial charge is 0.340 e. The number of aromatic nitrogens is 1. The average Bonchev–Trinajstić information content (AvgIpc) is 2.50. The van der Waals surface area contributed by atoms with E-state index in [9.17, 15) is 4.79 Å². The van der Waals surface area contributed by atoms with Crippen molar-refractivity contribution < 1.29 is 19.0 Å². The molecule has 110 valence electrons. The molecule has 0 spiro atoms. The average molecular weight is 288 g/mol. The third-order valence-electron chi connectivity index (χ3n) is 2.88. The van der Waals surface area contributed by atoms with Gasteiger partial charge in [0.2, 0.25) is 5.88 Å². The molecule has 0 aliphatic carbocycles. The van der Waals surface area contributed by atoms with Gasteiger partial charge in [0.15, 0.2) is 11.5 Å². The highest BCUT2D eigenvalue weighted by Gasteiger charge is 2.16. The monoisotopic (exact) mass is 288 g/mol. The van der Waals surface area contributed by atoms with E-state index in [1.807, 2.05) is 19.1 Å². The summed E-state index contributed by atoms with van der Waals surface area (Å²) in [5.74, 6) is 0.597. The van der Waals surface area contributed by atoms with Crippen molar-refractivity contribution in [1.29, 1.82) is 0 Å². The second-order valence-electron chi connectivity index (χ2n) is 4.33. The Labute approximate surface area is 122 Å². The van der Waals surface area contributed by atoms with Crippen molar-refractivity contribution in [3.63, 3.8) is 0 Å². The Hall–Kier alpha value is -2.76. The van der Waals surface area contributed by atoms with Gasteiger partial charge in [-0.2, -0.15) is 0 Å². The molecule has 6 nitrogen and oxygen atoms in total. The molecule has 6 heteroatoms. The molecular formula is C15H16N2O4. The first-order chi connectivity index (χ1) is 10.1. The van der Waals surface area contributed by atoms with E-state index >= 15 is 0 Å². The first kappa shape index (κ1) is 14.6. The number of hydrogen-bond donors (Lipinski definition) is 1. The summed E-state index contributed by atoms with van der Waals surface area (Å²) < 4.78 is 15.6. The van der Waals surface area contributed by atoms with E-state index in [2.05, 4.69) is 9.72 Å². The fourth-order valence-corrected chi connectivity index (χ4v) is 1.79. The minimum absolute atomic E-state index is 0.118. The van der Waals surface area contributed by atoms with Gasteiger partial charge in [-0.25, -0.2) is 9.78 Å². The molecule has 1 aromatic carbocycles. The second kappa shape index (κ2) is 6.13. The molecule has 0 fully saturated rings. The largest absolute Gasteiger partial charge is 0.493 e. The summed E-state index contributed by atoms with van der Waals surface area (Å²) >= 11 is 0. The Balaban J connectivity index is 2.38. The summed E-state index contributed by atoms with van der Waals surface area (Å²) in [5, 5.41) is 0. The van der Waals surface area contributed by atoms with E-state index in [4.69, 9.17) is 15.2 Å². The fourth-order valence-electron chi connectivity index (χ4n) is 1.79. The number of ether oxygens (including phenoxy) is 3. The number of nitrogens with two attached hydrogens (primary N) is 1. The predicted octanol–water partition coefficient (Wildman–Crippen LogP) is 2.56. The molecule has 2 rings (SSSR count). The number of methoxy groups -OCH3 is 2. The molecule has 0 amide bonds. The summed E-state index contributed by atoms with van der Waals surface area (Å²) in [6.45, 7) is 1.94. The zero-order chi connectivity index (χ0) is 15.4. The summed E-state index contributed by atoms with van der Waals surface area (Å²) in [6, 6.07) is 6.92. The molecule has 1 aromatic heterocycles. The van der Waals surface area contributed by atoms with Crippen LogP contribution in [0.25, 0.3) is 0 Å². The first-order valence-corrected chi connectivity index (χ1v) is 6.22. The number of nitrogens with zero attached hydrogens (tertiary/aromatic N) is 1. The van der Waals surface area contributed by atoms with Crippen molar-refractivity contribution in [2.24, 2.45) is 0 Å². The van der Waals surface area contributed by atoms with Crippen LogP contribution >= 0.6 is 0 Å². The number of carbonyl (C=O) groups excluding carboxylic acids is 1. The van der Waals surface area contributed by atoms with Crippen molar-refractivity contribution in [3.8, 4) is 17.4 Å². The molecule has 1 heterocycles. The molecule has 21 heavy (non-hydrogen) atoms. The van der Waals surface area contributed by atoms with E-state index in [0.29, 0.717) is 11.5 Å². The quantitative estimate of drug-likeness (QED) is 0.870. The minimum Gasteiger partial charge on any atom is -0.493 e. The van der Waals surface area contributed by atoms with Gasteiger partial charge in [0.05, 0.1) is 19.8 Å². The van der Waals surface area contributed by atoms with Gasteiger partial charge in [-0.1, -0.05) is 6.07 Å². The topological polar surface area (TPSA) is 83.7 Å². The number of hydrogen-bond acceptors (Lipinski definition) is 6. The van der Waals surface area contributed by atoms with E-state index < -0.39 is 5.97 Å². The third kappa shape index (κ3) is 3.05. The van der Waals surface area contributed by atoms with Crippen LogP contribution in [0.5, 0.6) is 17.4 Å². The first-order valence-electron chi connectivity index (χ1n) is 6.22. The van der Waals surface area contributed by atoms with Gasteiger partial charge in [-0.15, -0.1) is 0 Å². The number of nitrogen functional groups attached to an aromatic ring is 1. The van der Waals surface area contributed by atoms with Crippen LogP contribution < -0.4 is 15.2 Å². The highest BCUT2D eigenvalue weighted by Crippen LogP contribution is 2.34. The van der Waals surface area contributed by atoms with E-state index in [1.54, 1.807) is 13.2 Å². The summed E-state index contributed by atoms with van der Waals surface area (Å²) in [6.07, 6.45) is 1.43. The Morgan fingerprint density at radius 2 is 1.95 bits per heavy atom. The number of anilines is 1. The van der Waals surface area contributed by atoms with Crippen LogP contribution in [-0.2, 0) is 4.74 Å². The number of pyridine rings is 1. The predicted molar refractivity (Wildman–Crippen MR) is 77.8 cm³/mol. The molecule has 0 atom stereocenters. The number of benzene rings is 1. The second-order valence-corrected chi connectivity index (χ2v) is 4.33. The van der Waals surface area contributed by atoms with Crippen LogP contribution in [-0.4, -0.2) is 25.2 Å². The standard InChI is InChI=1S/C15H16N2O4/c1-9-4-5-11(12(8-9)19-2)21-14-13(16)10(6-7-17-14)15(18)20-3/h4-8H,16H2,1-3H3. The van der Waals surface area contributed by atoms with Crippen LogP contribution in [0.1, 0.15) is 15.9 Å². The van der Waals surface area contributed by atoms with Crippen LogP contribution in [0.3, 0.4) is 0 Å². The lowest BCUT2D eigenvalue weighted by Gasteiger charge is -2.12. The number of carbonyl (C=O) groups is 1. The third-order valence-corrected chi connectivity index (χ3v) is 2.88. The molecule has 0 aliphatic rings. The maximum absolute atomic E-state index is 11.6. The fraction of sp³-hybridized carbons (Fsp3) is 0.200. The van der Waals surface area contributed by atoms with Crippen LogP contribution in [0, 0.1) is 6.92 Å². The van der Waals surface area contributed by atoms with Gasteiger partial charge in [-0.3, -0.25) is 0 Å². The summed E-state index contributed by atoms with van der Waals surface area (Å²) in [7, 11) is 2.83. The van der Waals surface area contributed by atoms with Gasteiger partial charge in [-0.05, 0) is 30.7 Å². The minimum atomic E-state index is -0.546. The summed E-state index contributed by atoms with van der Waals surface area (Å²) in [5.41, 5.74) is 7.25. The molecule has 0 radical (unpaired) electrons. The Morgan fingerprint density at radius 1 is 1.19 bits per heavy atom. The molecule has 0 aliphatic heterocycles. The summed E-state index contributed by atoms with van der Waals surface area (Å²) in [4.78, 5) is 15.6. The normalized spacial score (nSPS) is 10.0. The van der Waals surface area contributed by atoms with Crippen molar-refractivity contribution in [2.45, 2.75) is 6.92 Å². The number of esters is 1. The highest BCUT2D eigenvalue weighted by molar-refractivity contribution is 5.96. The van der Waals surface area contributed by atoms with Crippen molar-refractivity contribution >= 4 is 11.7 Å². The Morgan fingerprint density at radius 3 is 2.62 bits per heavy atom. The van der Waals surface area contributed by atoms with Gasteiger partial charge < -0.3 is 19.9 Å². The van der Waals surface area contributed by atoms with Gasteiger partial charge in [0.1, 0.15) is 5.69 Å². The maximum atomic E-state index is 11.6. The van der Waals surface area contributed by atoms with Gasteiger partial charge in [0.25, 0.3) is 0 Å². The molecule has 0 bridgehead atoms. The lowest BCUT2D eigenvalue weighted by Crippen LogP contribution is -2.07. The van der Waals surface area contributed by atoms with Crippen LogP contribution in [0.4, 0.5) is 5.69 Å². The molecule has 2 N–H and O–H groups in total. The molecule has 0 saturated carbocycles. The molecule has 0 unspecified atom stereocenters. The maximum Gasteiger partial charge on any atom is 0.340 e. The molecule has 2 aromatic rings. The van der Waals surface area contributed by atoms with Crippen molar-refractivity contribution in [3.05, 3.63) is 41.6 Å². The SMILES string of the molecule is COC(=O)c1ccnc(Oc2ccc(C)cc2OC)c1N. The molecule has 0 saturated heterocycles. The van der Waals surface area contributed by atoms with E-state index in [1.165, 1.54) is 19.4 Å².